The van der Waals surface area contributed by atoms with Gasteiger partial charge in [0.05, 0.1) is 5.92 Å². The van der Waals surface area contributed by atoms with Crippen molar-refractivity contribution in [3.05, 3.63) is 101 Å². The fraction of sp³-hybridized carbons (Fsp3) is 0.125. The average molecular weight is 418 g/mol. The largest absolute Gasteiger partial charge is 0.772 e. The summed E-state index contributed by atoms with van der Waals surface area (Å²) in [5, 5.41) is 0. The first-order chi connectivity index (χ1) is 14.6. The standard InChI is InChI=1S/C24H21NO4S/c25-13-16-5-9-18(10-6-16)23-21(14-26)20-3-1-2-4-22(20)29-24(23)19-11-7-17(8-12-19)15-30(27)28/h1-12,14,21H,13,15,25H2,(H,27,28)/p-1. The van der Waals surface area contributed by atoms with Crippen LogP contribution in [0.25, 0.3) is 11.3 Å². The molecule has 0 saturated carbocycles. The van der Waals surface area contributed by atoms with Crippen LogP contribution in [0, 0.1) is 0 Å². The molecule has 3 aromatic carbocycles. The molecule has 1 heterocycles. The summed E-state index contributed by atoms with van der Waals surface area (Å²) in [6.45, 7) is 0.436. The molecular formula is C24H20NO4S-. The second kappa shape index (κ2) is 8.75. The van der Waals surface area contributed by atoms with Crippen molar-refractivity contribution in [2.45, 2.75) is 18.2 Å². The van der Waals surface area contributed by atoms with Crippen LogP contribution in [0.5, 0.6) is 5.75 Å². The first-order valence-electron chi connectivity index (χ1n) is 9.51. The maximum Gasteiger partial charge on any atom is 0.139 e. The molecule has 0 amide bonds. The molecule has 2 atom stereocenters. The lowest BCUT2D eigenvalue weighted by Gasteiger charge is -2.28. The number of allylic oxidation sites excluding steroid dienone is 1. The third-order valence-corrected chi connectivity index (χ3v) is 5.73. The number of rotatable bonds is 6. The van der Waals surface area contributed by atoms with Crippen LogP contribution in [0.2, 0.25) is 0 Å². The third-order valence-electron chi connectivity index (χ3n) is 5.16. The molecule has 2 N–H and O–H groups in total. The zero-order valence-corrected chi connectivity index (χ0v) is 16.9. The summed E-state index contributed by atoms with van der Waals surface area (Å²) >= 11 is -2.15. The summed E-state index contributed by atoms with van der Waals surface area (Å²) < 4.78 is 28.2. The molecule has 0 saturated heterocycles. The van der Waals surface area contributed by atoms with Crippen LogP contribution in [-0.2, 0) is 28.2 Å². The molecule has 0 bridgehead atoms. The quantitative estimate of drug-likeness (QED) is 0.486. The lowest BCUT2D eigenvalue weighted by atomic mass is 9.83. The van der Waals surface area contributed by atoms with Crippen molar-refractivity contribution in [2.24, 2.45) is 5.73 Å². The van der Waals surface area contributed by atoms with Gasteiger partial charge in [-0.15, -0.1) is 0 Å². The van der Waals surface area contributed by atoms with Crippen molar-refractivity contribution >= 4 is 28.7 Å². The Morgan fingerprint density at radius 2 is 1.57 bits per heavy atom. The molecule has 5 nitrogen and oxygen atoms in total. The van der Waals surface area contributed by atoms with E-state index in [9.17, 15) is 13.6 Å². The number of carbonyl (C=O) groups is 1. The summed E-state index contributed by atoms with van der Waals surface area (Å²) in [7, 11) is 0. The molecule has 0 aromatic heterocycles. The second-order valence-corrected chi connectivity index (χ2v) is 7.94. The molecule has 1 aliphatic heterocycles. The average Bonchev–Trinajstić information content (AvgIpc) is 2.78. The molecule has 152 valence electrons. The Balaban J connectivity index is 1.87. The molecule has 3 aromatic rings. The number of hydrogen-bond acceptors (Lipinski definition) is 5. The Kier molecular flexibility index (Phi) is 5.90. The summed E-state index contributed by atoms with van der Waals surface area (Å²) in [5.41, 5.74) is 10.6. The molecule has 0 fully saturated rings. The van der Waals surface area contributed by atoms with Gasteiger partial charge in [0.25, 0.3) is 0 Å². The van der Waals surface area contributed by atoms with Gasteiger partial charge in [-0.2, -0.15) is 0 Å². The summed E-state index contributed by atoms with van der Waals surface area (Å²) in [6, 6.07) is 22.4. The van der Waals surface area contributed by atoms with Crippen molar-refractivity contribution in [3.63, 3.8) is 0 Å². The maximum absolute atomic E-state index is 12.2. The van der Waals surface area contributed by atoms with Crippen LogP contribution in [0.3, 0.4) is 0 Å². The van der Waals surface area contributed by atoms with Crippen molar-refractivity contribution < 1.29 is 18.3 Å². The highest BCUT2D eigenvalue weighted by molar-refractivity contribution is 7.78. The van der Waals surface area contributed by atoms with Crippen molar-refractivity contribution in [1.82, 2.24) is 0 Å². The van der Waals surface area contributed by atoms with E-state index < -0.39 is 17.0 Å². The van der Waals surface area contributed by atoms with Gasteiger partial charge in [-0.25, -0.2) is 0 Å². The van der Waals surface area contributed by atoms with Crippen LogP contribution in [0.1, 0.15) is 33.7 Å². The highest BCUT2D eigenvalue weighted by Gasteiger charge is 2.31. The molecule has 6 heteroatoms. The fourth-order valence-corrected chi connectivity index (χ4v) is 4.13. The van der Waals surface area contributed by atoms with Crippen LogP contribution in [0.15, 0.2) is 72.8 Å². The number of ether oxygens (including phenoxy) is 1. The predicted octanol–water partition coefficient (Wildman–Crippen LogP) is 3.77. The van der Waals surface area contributed by atoms with Gasteiger partial charge in [0, 0.05) is 29.0 Å². The minimum atomic E-state index is -2.15. The molecule has 4 rings (SSSR count). The fourth-order valence-electron chi connectivity index (χ4n) is 3.67. The molecule has 0 aliphatic carbocycles. The van der Waals surface area contributed by atoms with E-state index in [1.165, 1.54) is 0 Å². The number of hydrogen-bond donors (Lipinski definition) is 1. The Morgan fingerprint density at radius 1 is 0.933 bits per heavy atom. The summed E-state index contributed by atoms with van der Waals surface area (Å²) in [5.74, 6) is 0.688. The van der Waals surface area contributed by atoms with Gasteiger partial charge in [0.1, 0.15) is 17.8 Å². The Bertz CT molecular complexity index is 1120. The molecular weight excluding hydrogens is 398 g/mol. The van der Waals surface area contributed by atoms with E-state index in [2.05, 4.69) is 0 Å². The smallest absolute Gasteiger partial charge is 0.139 e. The van der Waals surface area contributed by atoms with E-state index in [1.807, 2.05) is 60.7 Å². The molecule has 0 radical (unpaired) electrons. The molecule has 30 heavy (non-hydrogen) atoms. The zero-order valence-electron chi connectivity index (χ0n) is 16.1. The lowest BCUT2D eigenvalue weighted by molar-refractivity contribution is -0.108. The zero-order chi connectivity index (χ0) is 21.1. The van der Waals surface area contributed by atoms with E-state index >= 15 is 0 Å². The number of aldehydes is 1. The van der Waals surface area contributed by atoms with E-state index in [4.69, 9.17) is 10.5 Å². The minimum Gasteiger partial charge on any atom is -0.772 e. The van der Waals surface area contributed by atoms with Gasteiger partial charge in [-0.1, -0.05) is 77.8 Å². The summed E-state index contributed by atoms with van der Waals surface area (Å²) in [4.78, 5) is 12.2. The highest BCUT2D eigenvalue weighted by Crippen LogP contribution is 2.45. The number of benzene rings is 3. The van der Waals surface area contributed by atoms with Crippen LogP contribution in [-0.4, -0.2) is 15.0 Å². The second-order valence-electron chi connectivity index (χ2n) is 7.04. The Labute approximate surface area is 177 Å². The number of carbonyl (C=O) groups excluding carboxylic acids is 1. The predicted molar refractivity (Wildman–Crippen MR) is 116 cm³/mol. The summed E-state index contributed by atoms with van der Waals surface area (Å²) in [6.07, 6.45) is 0.933. The molecule has 2 unspecified atom stereocenters. The number of nitrogens with two attached hydrogens (primary N) is 1. The number of para-hydroxylation sites is 1. The van der Waals surface area contributed by atoms with Crippen LogP contribution < -0.4 is 10.5 Å². The van der Waals surface area contributed by atoms with E-state index in [-0.39, 0.29) is 5.75 Å². The first-order valence-corrected chi connectivity index (χ1v) is 10.8. The van der Waals surface area contributed by atoms with Crippen molar-refractivity contribution in [1.29, 1.82) is 0 Å². The van der Waals surface area contributed by atoms with E-state index in [0.717, 1.165) is 34.1 Å². The monoisotopic (exact) mass is 418 g/mol. The molecule has 0 spiro atoms. The molecule has 1 aliphatic rings. The number of fused-ring (bicyclic) bond motifs is 1. The van der Waals surface area contributed by atoms with Gasteiger partial charge in [0.2, 0.25) is 0 Å². The topological polar surface area (TPSA) is 92.5 Å². The van der Waals surface area contributed by atoms with E-state index in [1.54, 1.807) is 12.1 Å². The van der Waals surface area contributed by atoms with Gasteiger partial charge in [-0.3, -0.25) is 4.21 Å². The van der Waals surface area contributed by atoms with Crippen molar-refractivity contribution in [2.75, 3.05) is 0 Å². The lowest BCUT2D eigenvalue weighted by Crippen LogP contribution is -2.16. The normalized spacial score (nSPS) is 16.5. The third kappa shape index (κ3) is 3.98. The van der Waals surface area contributed by atoms with Gasteiger partial charge in [-0.05, 0) is 22.8 Å². The van der Waals surface area contributed by atoms with Crippen molar-refractivity contribution in [3.8, 4) is 5.75 Å². The Hall–Kier alpha value is -3.06. The highest BCUT2D eigenvalue weighted by atomic mass is 32.2. The van der Waals surface area contributed by atoms with Gasteiger partial charge >= 0.3 is 0 Å². The van der Waals surface area contributed by atoms with Gasteiger partial charge in [0.15, 0.2) is 0 Å². The van der Waals surface area contributed by atoms with Crippen LogP contribution >= 0.6 is 0 Å². The maximum atomic E-state index is 12.2. The SMILES string of the molecule is NCc1ccc(C2=C(c3ccc(CS(=O)[O-])cc3)Oc3ccccc3C2C=O)cc1. The first kappa shape index (κ1) is 20.2. The van der Waals surface area contributed by atoms with E-state index in [0.29, 0.717) is 23.6 Å². The van der Waals surface area contributed by atoms with Gasteiger partial charge < -0.3 is 19.8 Å². The van der Waals surface area contributed by atoms with Crippen LogP contribution in [0.4, 0.5) is 0 Å². The Morgan fingerprint density at radius 3 is 2.20 bits per heavy atom. The minimum absolute atomic E-state index is 0.0482.